The Kier molecular flexibility index (Phi) is 4.56. The molecule has 0 radical (unpaired) electrons. The average molecular weight is 385 g/mol. The lowest BCUT2D eigenvalue weighted by molar-refractivity contribution is 0.452. The van der Waals surface area contributed by atoms with Crippen molar-refractivity contribution in [3.05, 3.63) is 102 Å². The maximum Gasteiger partial charge on any atom is 0.247 e. The molecule has 4 nitrogen and oxygen atoms in total. The summed E-state index contributed by atoms with van der Waals surface area (Å²) in [5.74, 6) is 0.554. The standard InChI is InChI=1S/C24H20FN3O/c25-20-14-6-5-13-19(20)22(28-16-8-12-17-9-4-7-15-21(17)28)24-27-26-23(29-24)18-10-2-1-3-11-18/h1-7,9-11,13-15,22H,8,12,16H2/t22-/m1/s1. The topological polar surface area (TPSA) is 42.2 Å². The lowest BCUT2D eigenvalue weighted by Gasteiger charge is -2.36. The van der Waals surface area contributed by atoms with Gasteiger partial charge < -0.3 is 9.32 Å². The molecule has 1 aromatic heterocycles. The monoisotopic (exact) mass is 385 g/mol. The second-order valence-electron chi connectivity index (χ2n) is 7.16. The van der Waals surface area contributed by atoms with E-state index in [1.807, 2.05) is 48.5 Å². The Hall–Kier alpha value is -3.47. The maximum atomic E-state index is 14.9. The number of anilines is 1. The summed E-state index contributed by atoms with van der Waals surface area (Å²) in [5, 5.41) is 8.58. The molecule has 0 amide bonds. The molecule has 1 aliphatic heterocycles. The Morgan fingerprint density at radius 2 is 1.62 bits per heavy atom. The molecule has 0 bridgehead atoms. The lowest BCUT2D eigenvalue weighted by atomic mass is 9.96. The molecule has 1 atom stereocenters. The SMILES string of the molecule is Fc1ccccc1[C@H](c1nnc(-c2ccccc2)o1)N1CCCc2ccccc21. The number of aryl methyl sites for hydroxylation is 1. The van der Waals surface area contributed by atoms with Crippen LogP contribution in [0.2, 0.25) is 0 Å². The first-order valence-electron chi connectivity index (χ1n) is 9.79. The van der Waals surface area contributed by atoms with Crippen molar-refractivity contribution in [2.75, 3.05) is 11.4 Å². The third-order valence-electron chi connectivity index (χ3n) is 5.35. The number of rotatable bonds is 4. The number of fused-ring (bicyclic) bond motifs is 1. The molecule has 0 fully saturated rings. The molecule has 0 aliphatic carbocycles. The van der Waals surface area contributed by atoms with E-state index >= 15 is 0 Å². The largest absolute Gasteiger partial charge is 0.418 e. The molecule has 0 spiro atoms. The van der Waals surface area contributed by atoms with Crippen LogP contribution in [0.25, 0.3) is 11.5 Å². The van der Waals surface area contributed by atoms with Crippen molar-refractivity contribution in [3.8, 4) is 11.5 Å². The second kappa shape index (κ2) is 7.51. The van der Waals surface area contributed by atoms with E-state index in [9.17, 15) is 4.39 Å². The molecule has 5 heteroatoms. The average Bonchev–Trinajstić information content (AvgIpc) is 3.26. The van der Waals surface area contributed by atoms with Gasteiger partial charge in [-0.3, -0.25) is 0 Å². The van der Waals surface area contributed by atoms with Gasteiger partial charge in [-0.05, 0) is 42.7 Å². The summed E-state index contributed by atoms with van der Waals surface area (Å²) in [6, 6.07) is 24.2. The highest BCUT2D eigenvalue weighted by Gasteiger charge is 2.32. The van der Waals surface area contributed by atoms with Crippen molar-refractivity contribution in [1.82, 2.24) is 10.2 Å². The number of hydrogen-bond donors (Lipinski definition) is 0. The predicted octanol–water partition coefficient (Wildman–Crippen LogP) is 5.42. The van der Waals surface area contributed by atoms with Crippen LogP contribution in [0.1, 0.15) is 29.5 Å². The minimum atomic E-state index is -0.484. The molecule has 144 valence electrons. The first-order chi connectivity index (χ1) is 14.3. The molecule has 29 heavy (non-hydrogen) atoms. The molecule has 0 N–H and O–H groups in total. The van der Waals surface area contributed by atoms with E-state index in [1.54, 1.807) is 12.1 Å². The molecular formula is C24H20FN3O. The van der Waals surface area contributed by atoms with E-state index in [-0.39, 0.29) is 5.82 Å². The second-order valence-corrected chi connectivity index (χ2v) is 7.16. The van der Waals surface area contributed by atoms with Crippen molar-refractivity contribution < 1.29 is 8.81 Å². The van der Waals surface area contributed by atoms with E-state index in [0.29, 0.717) is 17.3 Å². The van der Waals surface area contributed by atoms with Crippen LogP contribution in [0.3, 0.4) is 0 Å². The first-order valence-corrected chi connectivity index (χ1v) is 9.79. The quantitative estimate of drug-likeness (QED) is 0.471. The van der Waals surface area contributed by atoms with Gasteiger partial charge in [0.2, 0.25) is 11.8 Å². The number of nitrogens with zero attached hydrogens (tertiary/aromatic N) is 3. The van der Waals surface area contributed by atoms with Gasteiger partial charge in [0, 0.05) is 23.4 Å². The Labute approximate surface area is 168 Å². The van der Waals surface area contributed by atoms with Gasteiger partial charge in [0.25, 0.3) is 0 Å². The Morgan fingerprint density at radius 1 is 0.862 bits per heavy atom. The zero-order chi connectivity index (χ0) is 19.6. The van der Waals surface area contributed by atoms with Crippen molar-refractivity contribution in [3.63, 3.8) is 0 Å². The van der Waals surface area contributed by atoms with Crippen LogP contribution in [0, 0.1) is 5.82 Å². The van der Waals surface area contributed by atoms with Crippen molar-refractivity contribution in [2.45, 2.75) is 18.9 Å². The summed E-state index contributed by atoms with van der Waals surface area (Å²) in [6.45, 7) is 0.791. The molecule has 4 aromatic rings. The fourth-order valence-electron chi connectivity index (χ4n) is 4.00. The molecule has 2 heterocycles. The van der Waals surface area contributed by atoms with E-state index in [2.05, 4.69) is 27.2 Å². The number of aromatic nitrogens is 2. The first kappa shape index (κ1) is 17.6. The van der Waals surface area contributed by atoms with E-state index in [4.69, 9.17) is 4.42 Å². The summed E-state index contributed by atoms with van der Waals surface area (Å²) in [6.07, 6.45) is 2.00. The molecule has 1 aliphatic rings. The lowest BCUT2D eigenvalue weighted by Crippen LogP contribution is -2.34. The van der Waals surface area contributed by atoms with Crippen molar-refractivity contribution in [2.24, 2.45) is 0 Å². The van der Waals surface area contributed by atoms with E-state index < -0.39 is 6.04 Å². The third-order valence-corrected chi connectivity index (χ3v) is 5.35. The molecule has 0 saturated carbocycles. The van der Waals surface area contributed by atoms with Crippen LogP contribution in [0.4, 0.5) is 10.1 Å². The molecular weight excluding hydrogens is 365 g/mol. The highest BCUT2D eigenvalue weighted by molar-refractivity contribution is 5.59. The zero-order valence-corrected chi connectivity index (χ0v) is 15.8. The van der Waals surface area contributed by atoms with Gasteiger partial charge in [0.1, 0.15) is 11.9 Å². The summed E-state index contributed by atoms with van der Waals surface area (Å²) < 4.78 is 20.9. The number of para-hydroxylation sites is 1. The van der Waals surface area contributed by atoms with Crippen LogP contribution in [-0.2, 0) is 6.42 Å². The minimum absolute atomic E-state index is 0.278. The normalized spacial score (nSPS) is 14.4. The molecule has 3 aromatic carbocycles. The van der Waals surface area contributed by atoms with Gasteiger partial charge in [0.05, 0.1) is 0 Å². The van der Waals surface area contributed by atoms with Gasteiger partial charge in [-0.2, -0.15) is 0 Å². The zero-order valence-electron chi connectivity index (χ0n) is 15.8. The van der Waals surface area contributed by atoms with E-state index in [0.717, 1.165) is 30.6 Å². The van der Waals surface area contributed by atoms with Crippen LogP contribution >= 0.6 is 0 Å². The van der Waals surface area contributed by atoms with Gasteiger partial charge in [-0.1, -0.05) is 54.6 Å². The molecule has 0 unspecified atom stereocenters. The summed E-state index contributed by atoms with van der Waals surface area (Å²) >= 11 is 0. The van der Waals surface area contributed by atoms with Gasteiger partial charge in [-0.15, -0.1) is 10.2 Å². The maximum absolute atomic E-state index is 14.9. The molecule has 5 rings (SSSR count). The van der Waals surface area contributed by atoms with Crippen LogP contribution in [-0.4, -0.2) is 16.7 Å². The van der Waals surface area contributed by atoms with Gasteiger partial charge in [0.15, 0.2) is 0 Å². The highest BCUT2D eigenvalue weighted by atomic mass is 19.1. The number of benzene rings is 3. The fourth-order valence-corrected chi connectivity index (χ4v) is 4.00. The van der Waals surface area contributed by atoms with Crippen molar-refractivity contribution in [1.29, 1.82) is 0 Å². The van der Waals surface area contributed by atoms with Crippen molar-refractivity contribution >= 4 is 5.69 Å². The summed E-state index contributed by atoms with van der Waals surface area (Å²) in [7, 11) is 0. The van der Waals surface area contributed by atoms with Crippen LogP contribution < -0.4 is 4.90 Å². The van der Waals surface area contributed by atoms with Gasteiger partial charge >= 0.3 is 0 Å². The number of halogens is 1. The summed E-state index contributed by atoms with van der Waals surface area (Å²) in [4.78, 5) is 2.18. The van der Waals surface area contributed by atoms with Crippen LogP contribution in [0.5, 0.6) is 0 Å². The van der Waals surface area contributed by atoms with E-state index in [1.165, 1.54) is 11.6 Å². The number of hydrogen-bond acceptors (Lipinski definition) is 4. The van der Waals surface area contributed by atoms with Crippen LogP contribution in [0.15, 0.2) is 83.3 Å². The predicted molar refractivity (Wildman–Crippen MR) is 110 cm³/mol. The minimum Gasteiger partial charge on any atom is -0.418 e. The molecule has 0 saturated heterocycles. The smallest absolute Gasteiger partial charge is 0.247 e. The Morgan fingerprint density at radius 3 is 2.48 bits per heavy atom. The van der Waals surface area contributed by atoms with Gasteiger partial charge in [-0.25, -0.2) is 4.39 Å². The Bertz CT molecular complexity index is 1130. The Balaban J connectivity index is 1.64. The highest BCUT2D eigenvalue weighted by Crippen LogP contribution is 2.38. The third kappa shape index (κ3) is 3.29. The fraction of sp³-hybridized carbons (Fsp3) is 0.167. The summed E-state index contributed by atoms with van der Waals surface area (Å²) in [5.41, 5.74) is 3.72.